The highest BCUT2D eigenvalue weighted by molar-refractivity contribution is 7.08. The van der Waals surface area contributed by atoms with Crippen molar-refractivity contribution in [3.8, 4) is 17.1 Å². The van der Waals surface area contributed by atoms with E-state index in [2.05, 4.69) is 0 Å². The number of amides is 1. The van der Waals surface area contributed by atoms with Crippen LogP contribution in [0.25, 0.3) is 11.3 Å². The summed E-state index contributed by atoms with van der Waals surface area (Å²) in [6, 6.07) is 11.2. The molecule has 1 atom stereocenters. The number of carboxylic acid groups (broad SMARTS) is 1. The van der Waals surface area contributed by atoms with Crippen LogP contribution < -0.4 is 4.74 Å². The summed E-state index contributed by atoms with van der Waals surface area (Å²) in [5.41, 5.74) is 2.30. The zero-order valence-electron chi connectivity index (χ0n) is 18.3. The van der Waals surface area contributed by atoms with Crippen LogP contribution in [0, 0.1) is 0 Å². The number of hydrogen-bond acceptors (Lipinski definition) is 5. The first-order valence-electron chi connectivity index (χ1n) is 11.2. The molecule has 1 aliphatic carbocycles. The first kappa shape index (κ1) is 23.2. The molecule has 1 aliphatic rings. The molecule has 2 radical (unpaired) electrons. The number of rotatable bonds is 12. The maximum absolute atomic E-state index is 13.4. The Labute approximate surface area is 198 Å². The van der Waals surface area contributed by atoms with Crippen molar-refractivity contribution in [1.82, 2.24) is 4.90 Å². The van der Waals surface area contributed by atoms with Gasteiger partial charge in [-0.2, -0.15) is 0 Å². The molecule has 1 saturated carbocycles. The highest BCUT2D eigenvalue weighted by atomic mass is 32.1. The lowest BCUT2D eigenvalue weighted by Crippen LogP contribution is -2.37. The van der Waals surface area contributed by atoms with Gasteiger partial charge in [-0.3, -0.25) is 9.59 Å². The van der Waals surface area contributed by atoms with Crippen LogP contribution in [0.4, 0.5) is 0 Å². The van der Waals surface area contributed by atoms with Crippen molar-refractivity contribution < 1.29 is 23.8 Å². The second-order valence-electron chi connectivity index (χ2n) is 8.19. The number of ether oxygens (including phenoxy) is 1. The molecule has 170 valence electrons. The summed E-state index contributed by atoms with van der Waals surface area (Å²) in [4.78, 5) is 25.8. The summed E-state index contributed by atoms with van der Waals surface area (Å²) in [6.45, 7) is 0.488. The summed E-state index contributed by atoms with van der Waals surface area (Å²) >= 11 is 1.49. The number of carboxylic acids is 1. The molecule has 0 bridgehead atoms. The van der Waals surface area contributed by atoms with Crippen LogP contribution in [-0.4, -0.2) is 42.4 Å². The number of unbranched alkanes of at least 4 members (excludes halogenated alkanes) is 2. The quantitative estimate of drug-likeness (QED) is 0.283. The predicted molar refractivity (Wildman–Crippen MR) is 128 cm³/mol. The van der Waals surface area contributed by atoms with Gasteiger partial charge in [-0.05, 0) is 61.7 Å². The number of furan rings is 1. The van der Waals surface area contributed by atoms with Crippen molar-refractivity contribution in [3.05, 3.63) is 64.5 Å². The van der Waals surface area contributed by atoms with Crippen molar-refractivity contribution in [2.24, 2.45) is 0 Å². The summed E-state index contributed by atoms with van der Waals surface area (Å²) in [7, 11) is 6.61. The zero-order chi connectivity index (χ0) is 23.2. The molecule has 1 aromatic carbocycles. The third-order valence-corrected chi connectivity index (χ3v) is 6.42. The Balaban J connectivity index is 1.41. The van der Waals surface area contributed by atoms with E-state index in [9.17, 15) is 9.59 Å². The van der Waals surface area contributed by atoms with Gasteiger partial charge in [0.05, 0.1) is 12.9 Å². The fourth-order valence-corrected chi connectivity index (χ4v) is 4.55. The highest BCUT2D eigenvalue weighted by Gasteiger charge is 2.37. The van der Waals surface area contributed by atoms with Crippen LogP contribution in [0.15, 0.2) is 57.8 Å². The van der Waals surface area contributed by atoms with Gasteiger partial charge in [-0.25, -0.2) is 0 Å². The minimum atomic E-state index is -0.776. The molecular formula is C25H26BNO5S. The third-order valence-electron chi connectivity index (χ3n) is 5.68. The van der Waals surface area contributed by atoms with Crippen molar-refractivity contribution >= 4 is 31.1 Å². The number of carbonyl (C=O) groups excluding carboxylic acids is 1. The first-order valence-corrected chi connectivity index (χ1v) is 12.1. The standard InChI is InChI=1S/C25H26BNO5S/c26-24(20-15-33-16-22(20)32-13-3-1-2-6-23(28)29)27(19-11-12-19)25(30)18-9-7-17(8-10-18)21-5-4-14-31-21/h4-5,7-10,14-16,19,24H,1-3,6,11-13H2,(H,28,29). The molecule has 1 N–H and O–H groups in total. The van der Waals surface area contributed by atoms with Crippen LogP contribution in [-0.2, 0) is 4.79 Å². The second kappa shape index (κ2) is 10.7. The molecule has 1 amide bonds. The van der Waals surface area contributed by atoms with Gasteiger partial charge in [0.25, 0.3) is 5.91 Å². The zero-order valence-corrected chi connectivity index (χ0v) is 19.1. The lowest BCUT2D eigenvalue weighted by atomic mass is 9.87. The van der Waals surface area contributed by atoms with Crippen molar-refractivity contribution in [2.75, 3.05) is 6.61 Å². The van der Waals surface area contributed by atoms with Crippen molar-refractivity contribution in [1.29, 1.82) is 0 Å². The Bertz CT molecular complexity index is 1060. The monoisotopic (exact) mass is 463 g/mol. The SMILES string of the molecule is [B]C(c1cscc1OCCCCCC(=O)O)N(C(=O)c1ccc(-c2ccco2)cc1)C1CC1. The van der Waals surface area contributed by atoms with E-state index in [4.69, 9.17) is 22.1 Å². The van der Waals surface area contributed by atoms with Crippen LogP contribution in [0.2, 0.25) is 0 Å². The normalized spacial score (nSPS) is 14.1. The van der Waals surface area contributed by atoms with E-state index in [-0.39, 0.29) is 18.4 Å². The van der Waals surface area contributed by atoms with Crippen LogP contribution in [0.1, 0.15) is 60.4 Å². The van der Waals surface area contributed by atoms with Crippen molar-refractivity contribution in [3.63, 3.8) is 0 Å². The number of carbonyl (C=O) groups is 2. The molecular weight excluding hydrogens is 437 g/mol. The molecule has 3 aromatic rings. The highest BCUT2D eigenvalue weighted by Crippen LogP contribution is 2.39. The van der Waals surface area contributed by atoms with Crippen molar-refractivity contribution in [2.45, 2.75) is 50.5 Å². The molecule has 0 saturated heterocycles. The Morgan fingerprint density at radius 2 is 1.94 bits per heavy atom. The lowest BCUT2D eigenvalue weighted by molar-refractivity contribution is -0.137. The Morgan fingerprint density at radius 3 is 2.61 bits per heavy atom. The van der Waals surface area contributed by atoms with Gasteiger partial charge in [0, 0.05) is 40.5 Å². The molecule has 2 heterocycles. The van der Waals surface area contributed by atoms with Gasteiger partial charge in [0.1, 0.15) is 19.4 Å². The largest absolute Gasteiger partial charge is 0.492 e. The molecule has 8 heteroatoms. The molecule has 1 unspecified atom stereocenters. The number of thiophene rings is 1. The first-order chi connectivity index (χ1) is 16.0. The summed E-state index contributed by atoms with van der Waals surface area (Å²) < 4.78 is 11.4. The maximum atomic E-state index is 13.4. The van der Waals surface area contributed by atoms with Crippen LogP contribution in [0.3, 0.4) is 0 Å². The molecule has 4 rings (SSSR count). The van der Waals surface area contributed by atoms with E-state index in [0.717, 1.165) is 42.6 Å². The Kier molecular flexibility index (Phi) is 7.55. The van der Waals surface area contributed by atoms with E-state index in [1.807, 2.05) is 47.2 Å². The second-order valence-corrected chi connectivity index (χ2v) is 8.93. The van der Waals surface area contributed by atoms with Gasteiger partial charge in [0.2, 0.25) is 0 Å². The summed E-state index contributed by atoms with van der Waals surface area (Å²) in [5, 5.41) is 12.6. The molecule has 33 heavy (non-hydrogen) atoms. The number of hydrogen-bond donors (Lipinski definition) is 1. The topological polar surface area (TPSA) is 80.0 Å². The average molecular weight is 463 g/mol. The van der Waals surface area contributed by atoms with Gasteiger partial charge in [-0.15, -0.1) is 11.3 Å². The van der Waals surface area contributed by atoms with E-state index in [1.165, 1.54) is 11.3 Å². The Morgan fingerprint density at radius 1 is 1.15 bits per heavy atom. The molecule has 0 spiro atoms. The molecule has 1 fully saturated rings. The Hall–Kier alpha value is -3.00. The number of benzene rings is 1. The van der Waals surface area contributed by atoms with Crippen LogP contribution >= 0.6 is 11.3 Å². The number of nitrogens with zero attached hydrogens (tertiary/aromatic N) is 1. The van der Waals surface area contributed by atoms with E-state index < -0.39 is 11.9 Å². The minimum absolute atomic E-state index is 0.0955. The summed E-state index contributed by atoms with van der Waals surface area (Å²) in [6.07, 6.45) is 5.87. The maximum Gasteiger partial charge on any atom is 0.303 e. The van der Waals surface area contributed by atoms with Gasteiger partial charge in [-0.1, -0.05) is 12.1 Å². The molecule has 0 aliphatic heterocycles. The molecule has 2 aromatic heterocycles. The number of aliphatic carboxylic acids is 1. The smallest absolute Gasteiger partial charge is 0.303 e. The summed E-state index contributed by atoms with van der Waals surface area (Å²) in [5.74, 6) is -0.0163. The van der Waals surface area contributed by atoms with E-state index in [1.54, 1.807) is 11.2 Å². The van der Waals surface area contributed by atoms with Crippen LogP contribution in [0.5, 0.6) is 5.75 Å². The van der Waals surface area contributed by atoms with Gasteiger partial charge < -0.3 is 19.2 Å². The fraction of sp³-hybridized carbons (Fsp3) is 0.360. The van der Waals surface area contributed by atoms with E-state index in [0.29, 0.717) is 24.3 Å². The lowest BCUT2D eigenvalue weighted by Gasteiger charge is -2.30. The third kappa shape index (κ3) is 5.87. The minimum Gasteiger partial charge on any atom is -0.492 e. The van der Waals surface area contributed by atoms with Gasteiger partial charge in [0.15, 0.2) is 0 Å². The molecule has 6 nitrogen and oxygen atoms in total. The predicted octanol–water partition coefficient (Wildman–Crippen LogP) is 5.50. The average Bonchev–Trinajstić information content (AvgIpc) is 3.29. The van der Waals surface area contributed by atoms with Gasteiger partial charge >= 0.3 is 5.97 Å². The van der Waals surface area contributed by atoms with E-state index >= 15 is 0 Å². The fourth-order valence-electron chi connectivity index (χ4n) is 3.76.